The van der Waals surface area contributed by atoms with Crippen molar-refractivity contribution in [3.8, 4) is 5.75 Å². The number of hydrogen-bond donors (Lipinski definition) is 2. The fraction of sp³-hybridized carbons (Fsp3) is 0.444. The standard InChI is InChI=1S/C18H23NO2S/c1-18(20,17-7-4-10-22-17)12-19-16-6-3-5-13-11-14(21-2)8-9-15(13)16/h4,7-11,16,19-20H,3,5-6,12H2,1-2H3. The van der Waals surface area contributed by atoms with Crippen LogP contribution in [-0.2, 0) is 12.0 Å². The first-order valence-electron chi connectivity index (χ1n) is 7.77. The number of nitrogens with one attached hydrogen (secondary N) is 1. The molecule has 1 heterocycles. The lowest BCUT2D eigenvalue weighted by atomic mass is 9.87. The van der Waals surface area contributed by atoms with Crippen LogP contribution in [0.4, 0.5) is 0 Å². The van der Waals surface area contributed by atoms with Crippen molar-refractivity contribution in [2.45, 2.75) is 37.8 Å². The molecule has 118 valence electrons. The highest BCUT2D eigenvalue weighted by Crippen LogP contribution is 2.33. The molecular formula is C18H23NO2S. The van der Waals surface area contributed by atoms with Crippen molar-refractivity contribution in [2.24, 2.45) is 0 Å². The first-order valence-corrected chi connectivity index (χ1v) is 8.65. The fourth-order valence-corrected chi connectivity index (χ4v) is 3.91. The number of aliphatic hydroxyl groups is 1. The van der Waals surface area contributed by atoms with Gasteiger partial charge in [0.05, 0.1) is 7.11 Å². The minimum atomic E-state index is -0.821. The number of fused-ring (bicyclic) bond motifs is 1. The average molecular weight is 317 g/mol. The SMILES string of the molecule is COc1ccc2c(c1)CCCC2NCC(C)(O)c1cccs1. The highest BCUT2D eigenvalue weighted by molar-refractivity contribution is 7.10. The van der Waals surface area contributed by atoms with E-state index in [0.29, 0.717) is 12.6 Å². The van der Waals surface area contributed by atoms with Crippen LogP contribution in [0.25, 0.3) is 0 Å². The van der Waals surface area contributed by atoms with Crippen LogP contribution in [0.3, 0.4) is 0 Å². The molecule has 2 atom stereocenters. The lowest BCUT2D eigenvalue weighted by molar-refractivity contribution is 0.0567. The molecule has 0 saturated heterocycles. The Morgan fingerprint density at radius 2 is 2.27 bits per heavy atom. The molecule has 3 rings (SSSR count). The summed E-state index contributed by atoms with van der Waals surface area (Å²) < 4.78 is 5.32. The van der Waals surface area contributed by atoms with Crippen LogP contribution in [0, 0.1) is 0 Å². The third-order valence-electron chi connectivity index (χ3n) is 4.41. The van der Waals surface area contributed by atoms with Crippen LogP contribution in [0.15, 0.2) is 35.7 Å². The van der Waals surface area contributed by atoms with E-state index in [9.17, 15) is 5.11 Å². The smallest absolute Gasteiger partial charge is 0.119 e. The molecule has 1 aromatic carbocycles. The van der Waals surface area contributed by atoms with E-state index in [1.807, 2.05) is 30.5 Å². The molecule has 0 bridgehead atoms. The molecular weight excluding hydrogens is 294 g/mol. The van der Waals surface area contributed by atoms with Crippen LogP contribution in [0.1, 0.15) is 41.8 Å². The van der Waals surface area contributed by atoms with E-state index in [2.05, 4.69) is 17.4 Å². The number of hydrogen-bond acceptors (Lipinski definition) is 4. The van der Waals surface area contributed by atoms with Gasteiger partial charge in [0, 0.05) is 17.5 Å². The second-order valence-electron chi connectivity index (χ2n) is 6.14. The molecule has 3 nitrogen and oxygen atoms in total. The summed E-state index contributed by atoms with van der Waals surface area (Å²) in [4.78, 5) is 1.01. The van der Waals surface area contributed by atoms with Crippen molar-refractivity contribution in [1.82, 2.24) is 5.32 Å². The Kier molecular flexibility index (Phi) is 4.52. The Morgan fingerprint density at radius 3 is 3.00 bits per heavy atom. The predicted molar refractivity (Wildman–Crippen MR) is 90.6 cm³/mol. The maximum Gasteiger partial charge on any atom is 0.119 e. The molecule has 4 heteroatoms. The van der Waals surface area contributed by atoms with Gasteiger partial charge in [0.1, 0.15) is 11.4 Å². The van der Waals surface area contributed by atoms with Crippen LogP contribution in [0.2, 0.25) is 0 Å². The van der Waals surface area contributed by atoms with E-state index in [1.165, 1.54) is 17.5 Å². The molecule has 1 aromatic heterocycles. The molecule has 2 unspecified atom stereocenters. The molecule has 1 aliphatic rings. The van der Waals surface area contributed by atoms with Crippen LogP contribution < -0.4 is 10.1 Å². The summed E-state index contributed by atoms with van der Waals surface area (Å²) in [7, 11) is 1.71. The largest absolute Gasteiger partial charge is 0.497 e. The van der Waals surface area contributed by atoms with Crippen LogP contribution in [0.5, 0.6) is 5.75 Å². The third-order valence-corrected chi connectivity index (χ3v) is 5.53. The molecule has 1 aliphatic carbocycles. The van der Waals surface area contributed by atoms with E-state index in [4.69, 9.17) is 4.74 Å². The average Bonchev–Trinajstić information content (AvgIpc) is 3.07. The van der Waals surface area contributed by atoms with Crippen molar-refractivity contribution in [3.05, 3.63) is 51.7 Å². The van der Waals surface area contributed by atoms with E-state index < -0.39 is 5.60 Å². The summed E-state index contributed by atoms with van der Waals surface area (Å²) in [6.45, 7) is 2.44. The summed E-state index contributed by atoms with van der Waals surface area (Å²) >= 11 is 1.60. The van der Waals surface area contributed by atoms with Crippen LogP contribution in [-0.4, -0.2) is 18.8 Å². The second kappa shape index (κ2) is 6.41. The molecule has 0 amide bonds. The van der Waals surface area contributed by atoms with Gasteiger partial charge in [-0.15, -0.1) is 11.3 Å². The zero-order valence-corrected chi connectivity index (χ0v) is 14.0. The second-order valence-corrected chi connectivity index (χ2v) is 7.09. The number of ether oxygens (including phenoxy) is 1. The highest BCUT2D eigenvalue weighted by atomic mass is 32.1. The number of benzene rings is 1. The minimum absolute atomic E-state index is 0.307. The number of methoxy groups -OCH3 is 1. The first-order chi connectivity index (χ1) is 10.6. The predicted octanol–water partition coefficient (Wildman–Crippen LogP) is 3.63. The van der Waals surface area contributed by atoms with Gasteiger partial charge in [-0.25, -0.2) is 0 Å². The van der Waals surface area contributed by atoms with Gasteiger partial charge in [0.15, 0.2) is 0 Å². The zero-order valence-electron chi connectivity index (χ0n) is 13.1. The van der Waals surface area contributed by atoms with Crippen molar-refractivity contribution in [3.63, 3.8) is 0 Å². The van der Waals surface area contributed by atoms with Gasteiger partial charge in [0.2, 0.25) is 0 Å². The minimum Gasteiger partial charge on any atom is -0.497 e. The molecule has 2 aromatic rings. The van der Waals surface area contributed by atoms with Gasteiger partial charge < -0.3 is 15.2 Å². The lowest BCUT2D eigenvalue weighted by Gasteiger charge is -2.30. The molecule has 0 saturated carbocycles. The van der Waals surface area contributed by atoms with Crippen LogP contribution >= 0.6 is 11.3 Å². The van der Waals surface area contributed by atoms with Gasteiger partial charge in [-0.1, -0.05) is 12.1 Å². The van der Waals surface area contributed by atoms with Crippen molar-refractivity contribution in [2.75, 3.05) is 13.7 Å². The molecule has 0 fully saturated rings. The third kappa shape index (κ3) is 3.19. The maximum atomic E-state index is 10.7. The Bertz CT molecular complexity index is 622. The van der Waals surface area contributed by atoms with E-state index in [-0.39, 0.29) is 0 Å². The summed E-state index contributed by atoms with van der Waals surface area (Å²) in [5.41, 5.74) is 1.88. The molecule has 0 radical (unpaired) electrons. The maximum absolute atomic E-state index is 10.7. The number of rotatable bonds is 5. The summed E-state index contributed by atoms with van der Waals surface area (Å²) in [6.07, 6.45) is 3.38. The quantitative estimate of drug-likeness (QED) is 0.885. The Balaban J connectivity index is 1.72. The topological polar surface area (TPSA) is 41.5 Å². The number of thiophene rings is 1. The van der Waals surface area contributed by atoms with E-state index >= 15 is 0 Å². The van der Waals surface area contributed by atoms with E-state index in [0.717, 1.165) is 23.5 Å². The van der Waals surface area contributed by atoms with Gasteiger partial charge in [-0.05, 0) is 60.9 Å². The zero-order chi connectivity index (χ0) is 15.6. The summed E-state index contributed by atoms with van der Waals surface area (Å²) in [6, 6.07) is 10.6. The van der Waals surface area contributed by atoms with Gasteiger partial charge in [-0.3, -0.25) is 0 Å². The summed E-state index contributed by atoms with van der Waals surface area (Å²) in [5.74, 6) is 0.921. The molecule has 2 N–H and O–H groups in total. The van der Waals surface area contributed by atoms with Gasteiger partial charge >= 0.3 is 0 Å². The Labute approximate surface area is 136 Å². The van der Waals surface area contributed by atoms with E-state index in [1.54, 1.807) is 18.4 Å². The molecule has 0 aliphatic heterocycles. The summed E-state index contributed by atoms with van der Waals surface area (Å²) in [5, 5.41) is 16.2. The lowest BCUT2D eigenvalue weighted by Crippen LogP contribution is -2.37. The first kappa shape index (κ1) is 15.5. The van der Waals surface area contributed by atoms with Crippen molar-refractivity contribution in [1.29, 1.82) is 0 Å². The highest BCUT2D eigenvalue weighted by Gasteiger charge is 2.27. The van der Waals surface area contributed by atoms with Crippen molar-refractivity contribution >= 4 is 11.3 Å². The Morgan fingerprint density at radius 1 is 1.41 bits per heavy atom. The molecule has 22 heavy (non-hydrogen) atoms. The fourth-order valence-electron chi connectivity index (χ4n) is 3.12. The molecule has 0 spiro atoms. The van der Waals surface area contributed by atoms with Gasteiger partial charge in [-0.2, -0.15) is 0 Å². The van der Waals surface area contributed by atoms with Crippen molar-refractivity contribution < 1.29 is 9.84 Å². The number of aryl methyl sites for hydroxylation is 1. The Hall–Kier alpha value is -1.36. The monoisotopic (exact) mass is 317 g/mol. The van der Waals surface area contributed by atoms with Gasteiger partial charge in [0.25, 0.3) is 0 Å². The normalized spacial score (nSPS) is 20.2.